The Kier molecular flexibility index (Phi) is 2.62. The SMILES string of the molecule is CCN1CCC(N)C1c1cnsc1. The van der Waals surface area contributed by atoms with E-state index in [1.54, 1.807) is 0 Å². The molecule has 1 aliphatic heterocycles. The van der Waals surface area contributed by atoms with Gasteiger partial charge >= 0.3 is 0 Å². The van der Waals surface area contributed by atoms with E-state index < -0.39 is 0 Å². The standard InChI is InChI=1S/C9H15N3S/c1-2-12-4-3-8(10)9(12)7-5-11-13-6-7/h5-6,8-9H,2-4,10H2,1H3. The van der Waals surface area contributed by atoms with Crippen molar-refractivity contribution < 1.29 is 0 Å². The lowest BCUT2D eigenvalue weighted by molar-refractivity contribution is 0.261. The van der Waals surface area contributed by atoms with Gasteiger partial charge in [-0.15, -0.1) is 0 Å². The van der Waals surface area contributed by atoms with Crippen LogP contribution in [0.3, 0.4) is 0 Å². The molecule has 1 aromatic heterocycles. The van der Waals surface area contributed by atoms with Crippen LogP contribution in [0.1, 0.15) is 24.9 Å². The third-order valence-corrected chi connectivity index (χ3v) is 3.35. The van der Waals surface area contributed by atoms with Gasteiger partial charge in [0.1, 0.15) is 0 Å². The van der Waals surface area contributed by atoms with Crippen LogP contribution in [0.2, 0.25) is 0 Å². The molecule has 72 valence electrons. The maximum Gasteiger partial charge on any atom is 0.0523 e. The molecule has 0 saturated carbocycles. The Labute approximate surface area is 82.7 Å². The summed E-state index contributed by atoms with van der Waals surface area (Å²) in [6, 6.07) is 0.695. The Morgan fingerprint density at radius 1 is 1.77 bits per heavy atom. The molecule has 0 amide bonds. The average molecular weight is 197 g/mol. The molecule has 13 heavy (non-hydrogen) atoms. The summed E-state index contributed by atoms with van der Waals surface area (Å²) in [4.78, 5) is 2.42. The summed E-state index contributed by atoms with van der Waals surface area (Å²) in [5.41, 5.74) is 7.36. The fourth-order valence-electron chi connectivity index (χ4n) is 2.05. The summed E-state index contributed by atoms with van der Waals surface area (Å²) in [7, 11) is 0. The average Bonchev–Trinajstić information content (AvgIpc) is 2.72. The zero-order chi connectivity index (χ0) is 9.26. The molecule has 0 aliphatic carbocycles. The predicted octanol–water partition coefficient (Wildman–Crippen LogP) is 1.24. The summed E-state index contributed by atoms with van der Waals surface area (Å²) in [5, 5.41) is 2.11. The van der Waals surface area contributed by atoms with Gasteiger partial charge in [0.25, 0.3) is 0 Å². The van der Waals surface area contributed by atoms with Crippen molar-refractivity contribution in [2.75, 3.05) is 13.1 Å². The lowest BCUT2D eigenvalue weighted by Gasteiger charge is -2.24. The molecular formula is C9H15N3S. The van der Waals surface area contributed by atoms with Crippen molar-refractivity contribution in [1.82, 2.24) is 9.27 Å². The first kappa shape index (κ1) is 9.12. The van der Waals surface area contributed by atoms with E-state index in [2.05, 4.69) is 21.6 Å². The van der Waals surface area contributed by atoms with Crippen molar-refractivity contribution in [3.05, 3.63) is 17.1 Å². The molecule has 2 atom stereocenters. The molecule has 2 heterocycles. The number of hydrogen-bond donors (Lipinski definition) is 1. The number of nitrogens with zero attached hydrogens (tertiary/aromatic N) is 2. The van der Waals surface area contributed by atoms with Gasteiger partial charge in [0.15, 0.2) is 0 Å². The molecule has 2 N–H and O–H groups in total. The van der Waals surface area contributed by atoms with E-state index in [1.165, 1.54) is 17.1 Å². The second-order valence-corrected chi connectivity index (χ2v) is 4.14. The lowest BCUT2D eigenvalue weighted by atomic mass is 10.1. The highest BCUT2D eigenvalue weighted by Gasteiger charge is 2.32. The monoisotopic (exact) mass is 197 g/mol. The smallest absolute Gasteiger partial charge is 0.0523 e. The van der Waals surface area contributed by atoms with Crippen LogP contribution in [-0.4, -0.2) is 28.4 Å². The molecule has 0 bridgehead atoms. The van der Waals surface area contributed by atoms with Crippen molar-refractivity contribution in [3.63, 3.8) is 0 Å². The molecular weight excluding hydrogens is 182 g/mol. The zero-order valence-corrected chi connectivity index (χ0v) is 8.63. The molecule has 2 rings (SSSR count). The zero-order valence-electron chi connectivity index (χ0n) is 7.81. The molecule has 1 fully saturated rings. The molecule has 3 nitrogen and oxygen atoms in total. The van der Waals surface area contributed by atoms with Crippen molar-refractivity contribution in [2.45, 2.75) is 25.4 Å². The van der Waals surface area contributed by atoms with E-state index in [0.717, 1.165) is 19.5 Å². The van der Waals surface area contributed by atoms with Gasteiger partial charge in [0, 0.05) is 29.7 Å². The minimum Gasteiger partial charge on any atom is -0.326 e. The number of nitrogens with two attached hydrogens (primary N) is 1. The first-order valence-electron chi connectivity index (χ1n) is 4.72. The Bertz CT molecular complexity index is 260. The van der Waals surface area contributed by atoms with Gasteiger partial charge < -0.3 is 5.73 Å². The third-order valence-electron chi connectivity index (χ3n) is 2.75. The molecule has 1 saturated heterocycles. The van der Waals surface area contributed by atoms with Crippen molar-refractivity contribution in [1.29, 1.82) is 0 Å². The summed E-state index contributed by atoms with van der Waals surface area (Å²) >= 11 is 1.51. The van der Waals surface area contributed by atoms with Crippen LogP contribution in [-0.2, 0) is 0 Å². The normalized spacial score (nSPS) is 29.7. The number of likely N-dealkylation sites (N-methyl/N-ethyl adjacent to an activating group) is 1. The fourth-order valence-corrected chi connectivity index (χ4v) is 2.62. The molecule has 1 aliphatic rings. The van der Waals surface area contributed by atoms with Gasteiger partial charge in [-0.25, -0.2) is 4.37 Å². The Morgan fingerprint density at radius 3 is 3.23 bits per heavy atom. The Morgan fingerprint density at radius 2 is 2.62 bits per heavy atom. The van der Waals surface area contributed by atoms with E-state index in [1.807, 2.05) is 6.20 Å². The molecule has 0 spiro atoms. The highest BCUT2D eigenvalue weighted by atomic mass is 32.1. The van der Waals surface area contributed by atoms with Gasteiger partial charge in [-0.05, 0) is 24.5 Å². The van der Waals surface area contributed by atoms with Gasteiger partial charge in [0.2, 0.25) is 0 Å². The topological polar surface area (TPSA) is 42.1 Å². The van der Waals surface area contributed by atoms with Gasteiger partial charge in [-0.3, -0.25) is 4.90 Å². The lowest BCUT2D eigenvalue weighted by Crippen LogP contribution is -2.31. The van der Waals surface area contributed by atoms with Crippen LogP contribution >= 0.6 is 11.5 Å². The molecule has 2 unspecified atom stereocenters. The van der Waals surface area contributed by atoms with E-state index >= 15 is 0 Å². The maximum atomic E-state index is 6.07. The quantitative estimate of drug-likeness (QED) is 0.775. The molecule has 0 radical (unpaired) electrons. The third kappa shape index (κ3) is 1.61. The maximum absolute atomic E-state index is 6.07. The minimum absolute atomic E-state index is 0.288. The number of hydrogen-bond acceptors (Lipinski definition) is 4. The first-order valence-corrected chi connectivity index (χ1v) is 5.55. The van der Waals surface area contributed by atoms with Gasteiger partial charge in [0.05, 0.1) is 6.04 Å². The summed E-state index contributed by atoms with van der Waals surface area (Å²) in [6.07, 6.45) is 3.05. The van der Waals surface area contributed by atoms with Crippen LogP contribution in [0.4, 0.5) is 0 Å². The second-order valence-electron chi connectivity index (χ2n) is 3.48. The first-order chi connectivity index (χ1) is 6.33. The largest absolute Gasteiger partial charge is 0.326 e. The van der Waals surface area contributed by atoms with Crippen LogP contribution in [0.5, 0.6) is 0 Å². The second kappa shape index (κ2) is 3.74. The molecule has 4 heteroatoms. The molecule has 1 aromatic rings. The minimum atomic E-state index is 0.288. The van der Waals surface area contributed by atoms with Crippen LogP contribution < -0.4 is 5.73 Å². The number of aromatic nitrogens is 1. The Balaban J connectivity index is 2.20. The summed E-state index contributed by atoms with van der Waals surface area (Å²) in [6.45, 7) is 4.39. The summed E-state index contributed by atoms with van der Waals surface area (Å²) < 4.78 is 4.13. The van der Waals surface area contributed by atoms with Crippen LogP contribution in [0.25, 0.3) is 0 Å². The van der Waals surface area contributed by atoms with Gasteiger partial charge in [-0.1, -0.05) is 6.92 Å². The highest BCUT2D eigenvalue weighted by Crippen LogP contribution is 2.30. The van der Waals surface area contributed by atoms with E-state index in [9.17, 15) is 0 Å². The Hall–Kier alpha value is -0.450. The van der Waals surface area contributed by atoms with E-state index in [0.29, 0.717) is 6.04 Å². The summed E-state index contributed by atoms with van der Waals surface area (Å²) in [5.74, 6) is 0. The van der Waals surface area contributed by atoms with E-state index in [-0.39, 0.29) is 6.04 Å². The van der Waals surface area contributed by atoms with Crippen LogP contribution in [0.15, 0.2) is 11.6 Å². The highest BCUT2D eigenvalue weighted by molar-refractivity contribution is 7.03. The van der Waals surface area contributed by atoms with Crippen molar-refractivity contribution >= 4 is 11.5 Å². The number of likely N-dealkylation sites (tertiary alicyclic amines) is 1. The van der Waals surface area contributed by atoms with Crippen LogP contribution in [0, 0.1) is 0 Å². The van der Waals surface area contributed by atoms with Gasteiger partial charge in [-0.2, -0.15) is 0 Å². The van der Waals surface area contributed by atoms with E-state index in [4.69, 9.17) is 5.73 Å². The number of rotatable bonds is 2. The molecule has 0 aromatic carbocycles. The van der Waals surface area contributed by atoms with Crippen molar-refractivity contribution in [3.8, 4) is 0 Å². The van der Waals surface area contributed by atoms with Crippen molar-refractivity contribution in [2.24, 2.45) is 5.73 Å². The predicted molar refractivity (Wildman–Crippen MR) is 54.7 cm³/mol. The fraction of sp³-hybridized carbons (Fsp3) is 0.667.